The lowest BCUT2D eigenvalue weighted by Gasteiger charge is -2.30. The summed E-state index contributed by atoms with van der Waals surface area (Å²) in [7, 11) is 0. The third-order valence-electron chi connectivity index (χ3n) is 3.94. The van der Waals surface area contributed by atoms with Gasteiger partial charge in [0.1, 0.15) is 18.4 Å². The van der Waals surface area contributed by atoms with Gasteiger partial charge in [0.15, 0.2) is 0 Å². The molecule has 4 nitrogen and oxygen atoms in total. The van der Waals surface area contributed by atoms with E-state index in [9.17, 15) is 4.79 Å². The van der Waals surface area contributed by atoms with Crippen LogP contribution in [0, 0.1) is 0 Å². The van der Waals surface area contributed by atoms with E-state index in [1.54, 1.807) is 0 Å². The Balaban J connectivity index is 2.45. The number of fused-ring (bicyclic) bond motifs is 1. The monoisotopic (exact) mass is 310 g/mol. The molecule has 1 heterocycles. The van der Waals surface area contributed by atoms with Crippen molar-refractivity contribution in [2.45, 2.75) is 52.2 Å². The number of rotatable bonds is 3. The first-order valence-electron chi connectivity index (χ1n) is 7.31. The summed E-state index contributed by atoms with van der Waals surface area (Å²) in [5.41, 5.74) is 7.71. The first-order chi connectivity index (χ1) is 9.81. The van der Waals surface area contributed by atoms with Crippen LogP contribution in [0.15, 0.2) is 12.1 Å². The number of halogens is 1. The number of amides is 1. The van der Waals surface area contributed by atoms with Crippen molar-refractivity contribution in [1.82, 2.24) is 4.90 Å². The number of primary amides is 1. The second-order valence-corrected chi connectivity index (χ2v) is 6.55. The number of benzene rings is 1. The summed E-state index contributed by atoms with van der Waals surface area (Å²) in [4.78, 5) is 13.8. The number of nitrogens with zero attached hydrogens (tertiary/aromatic N) is 1. The predicted molar refractivity (Wildman–Crippen MR) is 84.7 cm³/mol. The Morgan fingerprint density at radius 3 is 2.57 bits per heavy atom. The minimum Gasteiger partial charge on any atom is -0.489 e. The van der Waals surface area contributed by atoms with Gasteiger partial charge in [-0.15, -0.1) is 0 Å². The van der Waals surface area contributed by atoms with Gasteiger partial charge in [-0.25, -0.2) is 0 Å². The van der Waals surface area contributed by atoms with Crippen LogP contribution in [0.1, 0.15) is 44.7 Å². The summed E-state index contributed by atoms with van der Waals surface area (Å²) >= 11 is 6.36. The van der Waals surface area contributed by atoms with Crippen LogP contribution in [0.25, 0.3) is 0 Å². The van der Waals surface area contributed by atoms with Gasteiger partial charge in [0.05, 0.1) is 5.02 Å². The molecule has 0 bridgehead atoms. The number of ether oxygens (including phenoxy) is 1. The molecule has 0 radical (unpaired) electrons. The van der Waals surface area contributed by atoms with Crippen molar-refractivity contribution >= 4 is 17.5 Å². The Morgan fingerprint density at radius 2 is 2.05 bits per heavy atom. The van der Waals surface area contributed by atoms with E-state index in [-0.39, 0.29) is 18.6 Å². The Kier molecular flexibility index (Phi) is 4.79. The number of carbonyl (C=O) groups excluding carboxylic acids is 1. The molecule has 0 saturated heterocycles. The third kappa shape index (κ3) is 3.33. The van der Waals surface area contributed by atoms with Gasteiger partial charge < -0.3 is 10.5 Å². The maximum absolute atomic E-state index is 11.7. The van der Waals surface area contributed by atoms with Gasteiger partial charge in [0, 0.05) is 18.2 Å². The Hall–Kier alpha value is -1.26. The first-order valence-corrected chi connectivity index (χ1v) is 7.69. The largest absolute Gasteiger partial charge is 0.489 e. The zero-order valence-corrected chi connectivity index (χ0v) is 13.8. The molecule has 0 spiro atoms. The van der Waals surface area contributed by atoms with Crippen molar-refractivity contribution in [3.63, 3.8) is 0 Å². The molecule has 2 rings (SSSR count). The lowest BCUT2D eigenvalue weighted by molar-refractivity contribution is -0.125. The Bertz CT molecular complexity index is 543. The van der Waals surface area contributed by atoms with Crippen LogP contribution < -0.4 is 10.5 Å². The van der Waals surface area contributed by atoms with Crippen LogP contribution in [-0.4, -0.2) is 29.5 Å². The van der Waals surface area contributed by atoms with Gasteiger partial charge in [-0.3, -0.25) is 9.69 Å². The maximum atomic E-state index is 11.7. The normalized spacial score (nSPS) is 19.3. The summed E-state index contributed by atoms with van der Waals surface area (Å²) in [6, 6.07) is 3.81. The van der Waals surface area contributed by atoms with E-state index in [2.05, 4.69) is 38.7 Å². The molecule has 1 unspecified atom stereocenters. The quantitative estimate of drug-likeness (QED) is 0.934. The molecule has 21 heavy (non-hydrogen) atoms. The van der Waals surface area contributed by atoms with Crippen molar-refractivity contribution in [3.8, 4) is 5.75 Å². The molecule has 1 atom stereocenters. The van der Waals surface area contributed by atoms with E-state index in [1.165, 1.54) is 5.56 Å². The number of nitrogens with two attached hydrogens (primary N) is 1. The molecule has 1 aromatic carbocycles. The molecule has 1 aromatic rings. The fourth-order valence-corrected chi connectivity index (χ4v) is 2.94. The molecule has 116 valence electrons. The van der Waals surface area contributed by atoms with Crippen LogP contribution in [-0.2, 0) is 11.3 Å². The van der Waals surface area contributed by atoms with Crippen molar-refractivity contribution in [1.29, 1.82) is 0 Å². The van der Waals surface area contributed by atoms with Crippen molar-refractivity contribution in [2.75, 3.05) is 6.61 Å². The molecule has 1 aliphatic rings. The maximum Gasteiger partial charge on any atom is 0.238 e. The van der Waals surface area contributed by atoms with Gasteiger partial charge in [0.25, 0.3) is 0 Å². The van der Waals surface area contributed by atoms with Gasteiger partial charge in [0.2, 0.25) is 5.91 Å². The highest BCUT2D eigenvalue weighted by Gasteiger charge is 2.31. The van der Waals surface area contributed by atoms with Crippen LogP contribution in [0.5, 0.6) is 5.75 Å². The molecule has 1 amide bonds. The number of hydrogen-bond donors (Lipinski definition) is 1. The van der Waals surface area contributed by atoms with Crippen LogP contribution in [0.2, 0.25) is 5.02 Å². The van der Waals surface area contributed by atoms with E-state index < -0.39 is 6.04 Å². The fourth-order valence-electron chi connectivity index (χ4n) is 2.64. The molecule has 0 aromatic heterocycles. The van der Waals surface area contributed by atoms with E-state index in [0.29, 0.717) is 23.2 Å². The van der Waals surface area contributed by atoms with Crippen molar-refractivity contribution in [3.05, 3.63) is 28.3 Å². The predicted octanol–water partition coefficient (Wildman–Crippen LogP) is 2.92. The second-order valence-electron chi connectivity index (χ2n) is 6.14. The zero-order valence-electron chi connectivity index (χ0n) is 13.0. The number of hydrogen-bond acceptors (Lipinski definition) is 3. The van der Waals surface area contributed by atoms with Crippen LogP contribution >= 0.6 is 11.6 Å². The number of carbonyl (C=O) groups is 1. The summed E-state index contributed by atoms with van der Waals surface area (Å²) in [5, 5.41) is 0.602. The van der Waals surface area contributed by atoms with E-state index in [0.717, 1.165) is 5.56 Å². The molecule has 1 aliphatic heterocycles. The topological polar surface area (TPSA) is 55.6 Å². The highest BCUT2D eigenvalue weighted by Crippen LogP contribution is 2.36. The minimum atomic E-state index is -0.434. The van der Waals surface area contributed by atoms with Crippen LogP contribution in [0.4, 0.5) is 0 Å². The smallest absolute Gasteiger partial charge is 0.238 e. The third-order valence-corrected chi connectivity index (χ3v) is 4.22. The molecular weight excluding hydrogens is 288 g/mol. The fraction of sp³-hybridized carbons (Fsp3) is 0.562. The van der Waals surface area contributed by atoms with Crippen LogP contribution in [0.3, 0.4) is 0 Å². The minimum absolute atomic E-state index is 0.193. The molecular formula is C16H23ClN2O2. The summed E-state index contributed by atoms with van der Waals surface area (Å²) in [6.07, 6.45) is 0. The molecule has 0 saturated carbocycles. The summed E-state index contributed by atoms with van der Waals surface area (Å²) in [5.74, 6) is 0.697. The molecule has 0 aliphatic carbocycles. The second kappa shape index (κ2) is 6.24. The lowest BCUT2D eigenvalue weighted by Crippen LogP contribution is -2.49. The SMILES string of the molecule is CC(C)c1cc(Cl)c2c(c1)CN(C(C)C)C(C(N)=O)CO2. The highest BCUT2D eigenvalue weighted by atomic mass is 35.5. The van der Waals surface area contributed by atoms with Gasteiger partial charge in [-0.2, -0.15) is 0 Å². The highest BCUT2D eigenvalue weighted by molar-refractivity contribution is 6.32. The summed E-state index contributed by atoms with van der Waals surface area (Å²) in [6.45, 7) is 9.20. The average Bonchev–Trinajstić information content (AvgIpc) is 2.58. The standard InChI is InChI=1S/C16H23ClN2O2/c1-9(2)11-5-12-7-19(10(3)4)14(16(18)20)8-21-15(12)13(17)6-11/h5-6,9-10,14H,7-8H2,1-4H3,(H2,18,20). The average molecular weight is 311 g/mol. The Morgan fingerprint density at radius 1 is 1.38 bits per heavy atom. The van der Waals surface area contributed by atoms with Gasteiger partial charge in [-0.1, -0.05) is 31.5 Å². The zero-order chi connectivity index (χ0) is 15.7. The Labute approximate surface area is 131 Å². The van der Waals surface area contributed by atoms with Crippen molar-refractivity contribution in [2.24, 2.45) is 5.73 Å². The van der Waals surface area contributed by atoms with E-state index in [4.69, 9.17) is 22.1 Å². The van der Waals surface area contributed by atoms with E-state index >= 15 is 0 Å². The van der Waals surface area contributed by atoms with E-state index in [1.807, 2.05) is 6.07 Å². The molecule has 0 fully saturated rings. The molecule has 2 N–H and O–H groups in total. The first kappa shape index (κ1) is 16.1. The summed E-state index contributed by atoms with van der Waals surface area (Å²) < 4.78 is 5.79. The van der Waals surface area contributed by atoms with Crippen molar-refractivity contribution < 1.29 is 9.53 Å². The van der Waals surface area contributed by atoms with Gasteiger partial charge in [-0.05, 0) is 31.4 Å². The molecule has 5 heteroatoms. The van der Waals surface area contributed by atoms with Gasteiger partial charge >= 0.3 is 0 Å². The lowest BCUT2D eigenvalue weighted by atomic mass is 9.99.